The fourth-order valence-corrected chi connectivity index (χ4v) is 2.66. The van der Waals surface area contributed by atoms with Gasteiger partial charge in [-0.15, -0.1) is 11.3 Å². The summed E-state index contributed by atoms with van der Waals surface area (Å²) in [5, 5.41) is 6.51. The Kier molecular flexibility index (Phi) is 4.49. The molecule has 0 aliphatic heterocycles. The molecule has 3 rings (SSSR count). The molecular weight excluding hydrogens is 334 g/mol. The smallest absolute Gasteiger partial charge is 0.314 e. The lowest BCUT2D eigenvalue weighted by molar-refractivity contribution is 0.128. The van der Waals surface area contributed by atoms with Gasteiger partial charge in [0, 0.05) is 18.0 Å². The first-order chi connectivity index (χ1) is 11.1. The fourth-order valence-electron chi connectivity index (χ4n) is 1.91. The van der Waals surface area contributed by atoms with Gasteiger partial charge in [-0.2, -0.15) is 9.72 Å². The lowest BCUT2D eigenvalue weighted by Gasteiger charge is -2.05. The van der Waals surface area contributed by atoms with Crippen molar-refractivity contribution in [2.45, 2.75) is 6.61 Å². The number of nitrogens with zero attached hydrogens (tertiary/aromatic N) is 4. The molecule has 0 spiro atoms. The third-order valence-corrected chi connectivity index (χ3v) is 3.80. The highest BCUT2D eigenvalue weighted by Crippen LogP contribution is 2.13. The van der Waals surface area contributed by atoms with Gasteiger partial charge in [0.05, 0.1) is 5.69 Å². The molecular formula is C14H13N5O2S2. The SMILES string of the molecule is Cn1oc(=S)nc1/C(=N/OCc1csc(N)n1)c1ccccc1. The summed E-state index contributed by atoms with van der Waals surface area (Å²) in [4.78, 5) is 13.9. The summed E-state index contributed by atoms with van der Waals surface area (Å²) in [6.45, 7) is 0.215. The zero-order valence-electron chi connectivity index (χ0n) is 12.2. The monoisotopic (exact) mass is 347 g/mol. The van der Waals surface area contributed by atoms with Crippen LogP contribution in [0.1, 0.15) is 17.1 Å². The number of anilines is 1. The van der Waals surface area contributed by atoms with E-state index in [0.717, 1.165) is 11.3 Å². The Hall–Kier alpha value is -2.52. The molecule has 0 aliphatic carbocycles. The maximum atomic E-state index is 5.59. The van der Waals surface area contributed by atoms with Crippen molar-refractivity contribution < 1.29 is 9.36 Å². The van der Waals surface area contributed by atoms with E-state index in [2.05, 4.69) is 15.1 Å². The van der Waals surface area contributed by atoms with Crippen molar-refractivity contribution in [3.63, 3.8) is 0 Å². The van der Waals surface area contributed by atoms with E-state index in [1.54, 1.807) is 7.05 Å². The van der Waals surface area contributed by atoms with Gasteiger partial charge in [-0.25, -0.2) is 4.98 Å². The number of rotatable bonds is 5. The van der Waals surface area contributed by atoms with Crippen LogP contribution in [0.4, 0.5) is 5.13 Å². The van der Waals surface area contributed by atoms with Crippen LogP contribution in [-0.4, -0.2) is 20.4 Å². The van der Waals surface area contributed by atoms with E-state index in [-0.39, 0.29) is 11.4 Å². The minimum Gasteiger partial charge on any atom is -0.389 e. The number of hydrogen-bond donors (Lipinski definition) is 1. The first-order valence-electron chi connectivity index (χ1n) is 6.63. The number of nitrogen functional groups attached to an aromatic ring is 1. The van der Waals surface area contributed by atoms with Gasteiger partial charge in [0.1, 0.15) is 0 Å². The van der Waals surface area contributed by atoms with Crippen LogP contribution in [0.5, 0.6) is 0 Å². The van der Waals surface area contributed by atoms with Crippen LogP contribution in [0.25, 0.3) is 0 Å². The third-order valence-electron chi connectivity index (χ3n) is 2.91. The normalized spacial score (nSPS) is 11.6. The minimum absolute atomic E-state index is 0.137. The summed E-state index contributed by atoms with van der Waals surface area (Å²) in [5.41, 5.74) is 7.67. The molecule has 23 heavy (non-hydrogen) atoms. The summed E-state index contributed by atoms with van der Waals surface area (Å²) in [6.07, 6.45) is 0. The molecule has 2 N–H and O–H groups in total. The summed E-state index contributed by atoms with van der Waals surface area (Å²) in [5.74, 6) is 0.485. The molecule has 0 unspecified atom stereocenters. The average molecular weight is 347 g/mol. The zero-order valence-corrected chi connectivity index (χ0v) is 13.8. The van der Waals surface area contributed by atoms with E-state index in [1.165, 1.54) is 16.1 Å². The summed E-state index contributed by atoms with van der Waals surface area (Å²) < 4.78 is 6.70. The molecule has 0 bridgehead atoms. The standard InChI is InChI=1S/C14H13N5O2S2/c1-19-12(17-14(22)21-19)11(9-5-3-2-4-6-9)18-20-7-10-8-23-13(15)16-10/h2-6,8H,7H2,1H3,(H2,15,16)/b18-11+. The van der Waals surface area contributed by atoms with Crippen LogP contribution < -0.4 is 5.73 Å². The molecule has 0 radical (unpaired) electrons. The Labute approximate surface area is 141 Å². The number of aromatic nitrogens is 3. The number of oxime groups is 1. The number of nitrogens with two attached hydrogens (primary N) is 1. The molecule has 0 atom stereocenters. The molecule has 0 aliphatic rings. The van der Waals surface area contributed by atoms with Crippen LogP contribution in [0.15, 0.2) is 45.4 Å². The quantitative estimate of drug-likeness (QED) is 0.433. The molecule has 0 amide bonds. The Morgan fingerprint density at radius 2 is 2.17 bits per heavy atom. The predicted octanol–water partition coefficient (Wildman–Crippen LogP) is 2.75. The molecule has 118 valence electrons. The van der Waals surface area contributed by atoms with Gasteiger partial charge in [0.2, 0.25) is 0 Å². The van der Waals surface area contributed by atoms with Gasteiger partial charge in [0.25, 0.3) is 0 Å². The average Bonchev–Trinajstić information content (AvgIpc) is 3.10. The van der Waals surface area contributed by atoms with Crippen molar-refractivity contribution >= 4 is 34.4 Å². The van der Waals surface area contributed by atoms with E-state index < -0.39 is 0 Å². The Morgan fingerprint density at radius 1 is 1.39 bits per heavy atom. The Balaban J connectivity index is 1.90. The number of aryl methyl sites for hydroxylation is 1. The first-order valence-corrected chi connectivity index (χ1v) is 7.92. The van der Waals surface area contributed by atoms with Gasteiger partial charge in [-0.3, -0.25) is 0 Å². The van der Waals surface area contributed by atoms with Crippen LogP contribution in [0.3, 0.4) is 0 Å². The van der Waals surface area contributed by atoms with Crippen molar-refractivity contribution in [2.24, 2.45) is 12.2 Å². The summed E-state index contributed by atoms with van der Waals surface area (Å²) >= 11 is 6.32. The van der Waals surface area contributed by atoms with Gasteiger partial charge in [-0.05, 0) is 12.2 Å². The number of benzene rings is 1. The van der Waals surface area contributed by atoms with Gasteiger partial charge in [-0.1, -0.05) is 35.5 Å². The van der Waals surface area contributed by atoms with Crippen LogP contribution >= 0.6 is 23.6 Å². The highest BCUT2D eigenvalue weighted by atomic mass is 32.1. The van der Waals surface area contributed by atoms with E-state index >= 15 is 0 Å². The zero-order chi connectivity index (χ0) is 16.2. The van der Waals surface area contributed by atoms with E-state index in [9.17, 15) is 0 Å². The first kappa shape index (κ1) is 15.4. The van der Waals surface area contributed by atoms with E-state index in [0.29, 0.717) is 16.7 Å². The molecule has 0 saturated heterocycles. The van der Waals surface area contributed by atoms with E-state index in [4.69, 9.17) is 27.3 Å². The summed E-state index contributed by atoms with van der Waals surface area (Å²) in [6, 6.07) is 9.53. The van der Waals surface area contributed by atoms with Crippen molar-refractivity contribution in [1.29, 1.82) is 0 Å². The molecule has 1 aromatic carbocycles. The third kappa shape index (κ3) is 3.63. The molecule has 2 heterocycles. The highest BCUT2D eigenvalue weighted by Gasteiger charge is 2.15. The van der Waals surface area contributed by atoms with E-state index in [1.807, 2.05) is 35.7 Å². The Bertz CT molecular complexity index is 882. The largest absolute Gasteiger partial charge is 0.389 e. The summed E-state index contributed by atoms with van der Waals surface area (Å²) in [7, 11) is 1.71. The number of thiazole rings is 1. The second kappa shape index (κ2) is 6.71. The maximum Gasteiger partial charge on any atom is 0.314 e. The van der Waals surface area contributed by atoms with Crippen molar-refractivity contribution in [3.8, 4) is 0 Å². The second-order valence-electron chi connectivity index (χ2n) is 4.55. The van der Waals surface area contributed by atoms with Crippen molar-refractivity contribution in [3.05, 3.63) is 57.6 Å². The molecule has 7 nitrogen and oxygen atoms in total. The fraction of sp³-hybridized carbons (Fsp3) is 0.143. The van der Waals surface area contributed by atoms with Crippen LogP contribution in [-0.2, 0) is 18.5 Å². The molecule has 0 saturated carbocycles. The lowest BCUT2D eigenvalue weighted by atomic mass is 10.1. The van der Waals surface area contributed by atoms with Crippen molar-refractivity contribution in [1.82, 2.24) is 14.7 Å². The predicted molar refractivity (Wildman–Crippen MR) is 89.7 cm³/mol. The second-order valence-corrected chi connectivity index (χ2v) is 5.79. The van der Waals surface area contributed by atoms with Gasteiger partial charge < -0.3 is 15.1 Å². The maximum absolute atomic E-state index is 5.59. The Morgan fingerprint density at radius 3 is 2.78 bits per heavy atom. The van der Waals surface area contributed by atoms with Gasteiger partial charge >= 0.3 is 4.84 Å². The minimum atomic E-state index is 0.137. The van der Waals surface area contributed by atoms with Crippen LogP contribution in [0, 0.1) is 4.84 Å². The topological polar surface area (TPSA) is 91.5 Å². The lowest BCUT2D eigenvalue weighted by Crippen LogP contribution is -2.11. The molecule has 2 aromatic heterocycles. The van der Waals surface area contributed by atoms with Gasteiger partial charge in [0.15, 0.2) is 23.3 Å². The van der Waals surface area contributed by atoms with Crippen LogP contribution in [0.2, 0.25) is 0 Å². The number of hydrogen-bond acceptors (Lipinski definition) is 8. The molecule has 9 heteroatoms. The van der Waals surface area contributed by atoms with Crippen molar-refractivity contribution in [2.75, 3.05) is 5.73 Å². The molecule has 3 aromatic rings. The molecule has 0 fully saturated rings. The highest BCUT2D eigenvalue weighted by molar-refractivity contribution is 7.71.